The highest BCUT2D eigenvalue weighted by atomic mass is 35.5. The van der Waals surface area contributed by atoms with Crippen LogP contribution in [-0.2, 0) is 15.8 Å². The zero-order valence-electron chi connectivity index (χ0n) is 14.7. The van der Waals surface area contributed by atoms with Gasteiger partial charge in [-0.2, -0.15) is 0 Å². The van der Waals surface area contributed by atoms with E-state index in [4.69, 9.17) is 16.3 Å². The van der Waals surface area contributed by atoms with Gasteiger partial charge in [-0.05, 0) is 55.8 Å². The summed E-state index contributed by atoms with van der Waals surface area (Å²) in [5, 5.41) is 0.444. The molecule has 1 N–H and O–H groups in total. The Morgan fingerprint density at radius 2 is 1.77 bits per heavy atom. The first kappa shape index (κ1) is 19.0. The topological polar surface area (TPSA) is 58.6 Å². The van der Waals surface area contributed by atoms with Crippen LogP contribution in [0, 0.1) is 0 Å². The fraction of sp³-hybridized carbons (Fsp3) is 0.368. The largest absolute Gasteiger partial charge is 0.490 e. The molecule has 0 aliphatic carbocycles. The standard InChI is InChI=1S/C19H23ClN2O3S/c1-22-12-10-18(11-13-22)25-17-8-6-16(7-9-17)21-26(23,24)14-15-4-2-3-5-19(15)20/h2-9,18,21H,10-14H2,1H3. The Labute approximate surface area is 160 Å². The van der Waals surface area contributed by atoms with E-state index in [-0.39, 0.29) is 11.9 Å². The number of ether oxygens (including phenoxy) is 1. The molecule has 0 bridgehead atoms. The van der Waals surface area contributed by atoms with Crippen molar-refractivity contribution in [3.63, 3.8) is 0 Å². The number of hydrogen-bond acceptors (Lipinski definition) is 4. The number of piperidine rings is 1. The Bertz CT molecular complexity index is 832. The predicted octanol–water partition coefficient (Wildman–Crippen LogP) is 3.75. The van der Waals surface area contributed by atoms with Crippen molar-refractivity contribution in [2.45, 2.75) is 24.7 Å². The Kier molecular flexibility index (Phi) is 6.06. The zero-order valence-corrected chi connectivity index (χ0v) is 16.3. The van der Waals surface area contributed by atoms with E-state index in [2.05, 4.69) is 16.7 Å². The lowest BCUT2D eigenvalue weighted by Gasteiger charge is -2.29. The minimum Gasteiger partial charge on any atom is -0.490 e. The highest BCUT2D eigenvalue weighted by Gasteiger charge is 2.18. The second-order valence-corrected chi connectivity index (χ2v) is 8.73. The summed E-state index contributed by atoms with van der Waals surface area (Å²) in [6.45, 7) is 2.06. The van der Waals surface area contributed by atoms with E-state index in [1.807, 2.05) is 0 Å². The van der Waals surface area contributed by atoms with Crippen LogP contribution in [0.5, 0.6) is 5.75 Å². The molecule has 5 nitrogen and oxygen atoms in total. The van der Waals surface area contributed by atoms with Gasteiger partial charge in [-0.25, -0.2) is 8.42 Å². The lowest BCUT2D eigenvalue weighted by Crippen LogP contribution is -2.35. The average molecular weight is 395 g/mol. The van der Waals surface area contributed by atoms with E-state index in [1.54, 1.807) is 48.5 Å². The summed E-state index contributed by atoms with van der Waals surface area (Å²) in [5.41, 5.74) is 1.08. The molecule has 1 heterocycles. The number of anilines is 1. The van der Waals surface area contributed by atoms with Gasteiger partial charge < -0.3 is 9.64 Å². The van der Waals surface area contributed by atoms with Gasteiger partial charge in [0.2, 0.25) is 10.0 Å². The number of halogens is 1. The molecular weight excluding hydrogens is 372 g/mol. The summed E-state index contributed by atoms with van der Waals surface area (Å²) in [5.74, 6) is 0.592. The first-order valence-corrected chi connectivity index (χ1v) is 10.6. The molecule has 1 aliphatic rings. The maximum absolute atomic E-state index is 12.3. The molecule has 1 saturated heterocycles. The molecular formula is C19H23ClN2O3S. The third kappa shape index (κ3) is 5.37. The number of likely N-dealkylation sites (tertiary alicyclic amines) is 1. The summed E-state index contributed by atoms with van der Waals surface area (Å²) in [4.78, 5) is 2.29. The normalized spacial score (nSPS) is 16.4. The number of nitrogens with zero attached hydrogens (tertiary/aromatic N) is 1. The fourth-order valence-electron chi connectivity index (χ4n) is 2.93. The lowest BCUT2D eigenvalue weighted by atomic mass is 10.1. The van der Waals surface area contributed by atoms with Crippen LogP contribution in [0.15, 0.2) is 48.5 Å². The molecule has 2 aromatic carbocycles. The summed E-state index contributed by atoms with van der Waals surface area (Å²) < 4.78 is 33.3. The number of nitrogens with one attached hydrogen (secondary N) is 1. The molecule has 0 unspecified atom stereocenters. The zero-order chi connectivity index (χ0) is 18.6. The van der Waals surface area contributed by atoms with Gasteiger partial charge in [0.05, 0.1) is 5.75 Å². The van der Waals surface area contributed by atoms with Crippen molar-refractivity contribution >= 4 is 27.3 Å². The van der Waals surface area contributed by atoms with Crippen molar-refractivity contribution in [1.29, 1.82) is 0 Å². The molecule has 2 aromatic rings. The Balaban J connectivity index is 1.59. The van der Waals surface area contributed by atoms with Crippen LogP contribution in [0.4, 0.5) is 5.69 Å². The predicted molar refractivity (Wildman–Crippen MR) is 105 cm³/mol. The molecule has 140 valence electrons. The van der Waals surface area contributed by atoms with Crippen molar-refractivity contribution in [2.24, 2.45) is 0 Å². The Hall–Kier alpha value is -1.76. The third-order valence-electron chi connectivity index (χ3n) is 4.40. The van der Waals surface area contributed by atoms with Crippen LogP contribution in [0.3, 0.4) is 0 Å². The van der Waals surface area contributed by atoms with Gasteiger partial charge in [-0.1, -0.05) is 29.8 Å². The highest BCUT2D eigenvalue weighted by molar-refractivity contribution is 7.91. The van der Waals surface area contributed by atoms with Crippen molar-refractivity contribution in [2.75, 3.05) is 24.9 Å². The monoisotopic (exact) mass is 394 g/mol. The molecule has 0 atom stereocenters. The SMILES string of the molecule is CN1CCC(Oc2ccc(NS(=O)(=O)Cc3ccccc3Cl)cc2)CC1. The van der Waals surface area contributed by atoms with E-state index >= 15 is 0 Å². The summed E-state index contributed by atoms with van der Waals surface area (Å²) in [6.07, 6.45) is 2.22. The second-order valence-electron chi connectivity index (χ2n) is 6.60. The van der Waals surface area contributed by atoms with Crippen molar-refractivity contribution in [3.8, 4) is 5.75 Å². The molecule has 0 aromatic heterocycles. The van der Waals surface area contributed by atoms with Gasteiger partial charge in [0, 0.05) is 23.8 Å². The van der Waals surface area contributed by atoms with Gasteiger partial charge in [0.25, 0.3) is 0 Å². The van der Waals surface area contributed by atoms with Crippen molar-refractivity contribution in [3.05, 3.63) is 59.1 Å². The average Bonchev–Trinajstić information content (AvgIpc) is 2.60. The van der Waals surface area contributed by atoms with E-state index < -0.39 is 10.0 Å². The van der Waals surface area contributed by atoms with Crippen LogP contribution >= 0.6 is 11.6 Å². The van der Waals surface area contributed by atoms with Gasteiger partial charge in [0.1, 0.15) is 11.9 Å². The third-order valence-corrected chi connectivity index (χ3v) is 6.01. The molecule has 0 amide bonds. The fourth-order valence-corrected chi connectivity index (χ4v) is 4.44. The number of benzene rings is 2. The summed E-state index contributed by atoms with van der Waals surface area (Å²) in [6, 6.07) is 14.0. The van der Waals surface area contributed by atoms with Crippen LogP contribution in [0.25, 0.3) is 0 Å². The summed E-state index contributed by atoms with van der Waals surface area (Å²) >= 11 is 6.04. The quantitative estimate of drug-likeness (QED) is 0.810. The summed E-state index contributed by atoms with van der Waals surface area (Å²) in [7, 11) is -1.43. The molecule has 26 heavy (non-hydrogen) atoms. The van der Waals surface area contributed by atoms with Crippen LogP contribution in [0.2, 0.25) is 5.02 Å². The van der Waals surface area contributed by atoms with Gasteiger partial charge >= 0.3 is 0 Å². The number of sulfonamides is 1. The molecule has 7 heteroatoms. The van der Waals surface area contributed by atoms with E-state index in [9.17, 15) is 8.42 Å². The van der Waals surface area contributed by atoms with Crippen LogP contribution < -0.4 is 9.46 Å². The first-order valence-electron chi connectivity index (χ1n) is 8.60. The number of hydrogen-bond donors (Lipinski definition) is 1. The molecule has 3 rings (SSSR count). The van der Waals surface area contributed by atoms with Crippen molar-refractivity contribution in [1.82, 2.24) is 4.90 Å². The molecule has 0 spiro atoms. The second kappa shape index (κ2) is 8.29. The van der Waals surface area contributed by atoms with E-state index in [1.165, 1.54) is 0 Å². The Morgan fingerprint density at radius 3 is 2.42 bits per heavy atom. The lowest BCUT2D eigenvalue weighted by molar-refractivity contribution is 0.114. The smallest absolute Gasteiger partial charge is 0.236 e. The Morgan fingerprint density at radius 1 is 1.12 bits per heavy atom. The van der Waals surface area contributed by atoms with Crippen LogP contribution in [0.1, 0.15) is 18.4 Å². The van der Waals surface area contributed by atoms with Gasteiger partial charge in [-0.15, -0.1) is 0 Å². The highest BCUT2D eigenvalue weighted by Crippen LogP contribution is 2.23. The van der Waals surface area contributed by atoms with Gasteiger partial charge in [0.15, 0.2) is 0 Å². The maximum atomic E-state index is 12.3. The van der Waals surface area contributed by atoms with Crippen molar-refractivity contribution < 1.29 is 13.2 Å². The molecule has 1 aliphatic heterocycles. The molecule has 1 fully saturated rings. The van der Waals surface area contributed by atoms with Crippen LogP contribution in [-0.4, -0.2) is 39.6 Å². The molecule has 0 radical (unpaired) electrons. The minimum atomic E-state index is -3.54. The first-order chi connectivity index (χ1) is 12.4. The minimum absolute atomic E-state index is 0.166. The van der Waals surface area contributed by atoms with E-state index in [0.29, 0.717) is 16.3 Å². The number of rotatable bonds is 6. The molecule has 0 saturated carbocycles. The van der Waals surface area contributed by atoms with E-state index in [0.717, 1.165) is 31.7 Å². The maximum Gasteiger partial charge on any atom is 0.236 e. The van der Waals surface area contributed by atoms with Gasteiger partial charge in [-0.3, -0.25) is 4.72 Å².